The molecule has 0 saturated heterocycles. The average Bonchev–Trinajstić information content (AvgIpc) is 2.04. The molecule has 0 aromatic carbocycles. The molecule has 0 radical (unpaired) electrons. The summed E-state index contributed by atoms with van der Waals surface area (Å²) >= 11 is 0.889. The first-order valence-electron chi connectivity index (χ1n) is 5.21. The number of rotatable bonds is 1. The molecule has 0 heterocycles. The van der Waals surface area contributed by atoms with Crippen LogP contribution in [0, 0.1) is 10.8 Å². The Kier molecular flexibility index (Phi) is 5.69. The van der Waals surface area contributed by atoms with Crippen LogP contribution in [0.5, 0.6) is 0 Å². The first-order valence-corrected chi connectivity index (χ1v) is 6.14. The van der Waals surface area contributed by atoms with Crippen LogP contribution < -0.4 is 0 Å². The summed E-state index contributed by atoms with van der Waals surface area (Å²) in [6, 6.07) is 0.179. The summed E-state index contributed by atoms with van der Waals surface area (Å²) in [6.07, 6.45) is 4.72. The van der Waals surface area contributed by atoms with Gasteiger partial charge in [0.15, 0.2) is 0 Å². The molecule has 2 atom stereocenters. The molecule has 14 heavy (non-hydrogen) atoms. The summed E-state index contributed by atoms with van der Waals surface area (Å²) in [7, 11) is 0. The molecule has 1 saturated carbocycles. The van der Waals surface area contributed by atoms with Gasteiger partial charge in [0, 0.05) is 0 Å². The van der Waals surface area contributed by atoms with Gasteiger partial charge in [-0.25, -0.2) is 0 Å². The van der Waals surface area contributed by atoms with Gasteiger partial charge in [0.2, 0.25) is 0 Å². The van der Waals surface area contributed by atoms with Crippen LogP contribution in [0.3, 0.4) is 0 Å². The molecule has 0 spiro atoms. The average molecular weight is 379 g/mol. The van der Waals surface area contributed by atoms with Gasteiger partial charge < -0.3 is 5.73 Å². The monoisotopic (exact) mass is 379 g/mol. The van der Waals surface area contributed by atoms with Gasteiger partial charge in [-0.15, -0.1) is 6.04 Å². The van der Waals surface area contributed by atoms with Crippen molar-refractivity contribution in [2.45, 2.75) is 59.4 Å². The molecule has 2 unspecified atom stereocenters. The van der Waals surface area contributed by atoms with Crippen LogP contribution in [0.2, 0.25) is 0 Å². The van der Waals surface area contributed by atoms with Crippen LogP contribution in [0.4, 0.5) is 0 Å². The van der Waals surface area contributed by atoms with Gasteiger partial charge in [-0.3, -0.25) is 0 Å². The molecule has 1 fully saturated rings. The zero-order valence-electron chi connectivity index (χ0n) is 9.63. The van der Waals surface area contributed by atoms with Crippen LogP contribution in [-0.2, 0) is 23.2 Å². The SMILES string of the molecule is CCC1(C)CC([NH-])CC(C)(C)C1.[O]=[Pt]. The fourth-order valence-electron chi connectivity index (χ4n) is 2.90. The van der Waals surface area contributed by atoms with Gasteiger partial charge in [0.25, 0.3) is 0 Å². The second kappa shape index (κ2) is 5.51. The number of hydrogen-bond donors (Lipinski definition) is 0. The predicted octanol–water partition coefficient (Wildman–Crippen LogP) is 3.91. The molecule has 0 amide bonds. The zero-order chi connectivity index (χ0) is 11.4. The Morgan fingerprint density at radius 3 is 2.14 bits per heavy atom. The van der Waals surface area contributed by atoms with Gasteiger partial charge >= 0.3 is 23.2 Å². The number of hydrogen-bond acceptors (Lipinski definition) is 1. The first-order chi connectivity index (χ1) is 6.37. The summed E-state index contributed by atoms with van der Waals surface area (Å²) in [4.78, 5) is 0. The second-order valence-corrected chi connectivity index (χ2v) is 5.61. The van der Waals surface area contributed by atoms with E-state index in [0.717, 1.165) is 32.6 Å². The van der Waals surface area contributed by atoms with Crippen LogP contribution >= 0.6 is 0 Å². The summed E-state index contributed by atoms with van der Waals surface area (Å²) in [5.74, 6) is 0. The summed E-state index contributed by atoms with van der Waals surface area (Å²) in [6.45, 7) is 9.22. The summed E-state index contributed by atoms with van der Waals surface area (Å²) < 4.78 is 8.22. The fourth-order valence-corrected chi connectivity index (χ4v) is 2.90. The van der Waals surface area contributed by atoms with Crippen molar-refractivity contribution < 1.29 is 23.2 Å². The molecule has 1 rings (SSSR count). The molecular formula is C11H22NOPt-. The Balaban J connectivity index is 0.000000791. The van der Waals surface area contributed by atoms with Crippen LogP contribution in [0.15, 0.2) is 0 Å². The topological polar surface area (TPSA) is 40.9 Å². The van der Waals surface area contributed by atoms with Gasteiger partial charge in [0.1, 0.15) is 0 Å². The van der Waals surface area contributed by atoms with Gasteiger partial charge in [-0.2, -0.15) is 0 Å². The fraction of sp³-hybridized carbons (Fsp3) is 1.00. The third-order valence-electron chi connectivity index (χ3n) is 3.30. The Labute approximate surface area is 99.2 Å². The predicted molar refractivity (Wildman–Crippen MR) is 54.8 cm³/mol. The minimum absolute atomic E-state index is 0.179. The molecule has 1 aliphatic carbocycles. The molecule has 1 N–H and O–H groups in total. The van der Waals surface area contributed by atoms with E-state index >= 15 is 0 Å². The quantitative estimate of drug-likeness (QED) is 0.681. The molecule has 2 nitrogen and oxygen atoms in total. The van der Waals surface area contributed by atoms with Crippen LogP contribution in [0.1, 0.15) is 53.4 Å². The Bertz CT molecular complexity index is 184. The molecule has 88 valence electrons. The van der Waals surface area contributed by atoms with Crippen molar-refractivity contribution >= 4 is 0 Å². The third-order valence-corrected chi connectivity index (χ3v) is 3.30. The Morgan fingerprint density at radius 2 is 1.79 bits per heavy atom. The van der Waals surface area contributed by atoms with Crippen molar-refractivity contribution in [2.75, 3.05) is 0 Å². The molecule has 3 heteroatoms. The van der Waals surface area contributed by atoms with E-state index < -0.39 is 0 Å². The van der Waals surface area contributed by atoms with Crippen molar-refractivity contribution in [1.29, 1.82) is 0 Å². The third kappa shape index (κ3) is 4.31. The molecule has 0 aromatic heterocycles. The van der Waals surface area contributed by atoms with E-state index in [1.807, 2.05) is 0 Å². The summed E-state index contributed by atoms with van der Waals surface area (Å²) in [5, 5.41) is 0. The van der Waals surface area contributed by atoms with Crippen molar-refractivity contribution in [2.24, 2.45) is 10.8 Å². The molecule has 0 bridgehead atoms. The van der Waals surface area contributed by atoms with Crippen molar-refractivity contribution in [3.8, 4) is 0 Å². The molecule has 0 aromatic rings. The Hall–Kier alpha value is 0.448. The maximum absolute atomic E-state index is 8.22. The van der Waals surface area contributed by atoms with E-state index in [0.29, 0.717) is 10.8 Å². The van der Waals surface area contributed by atoms with E-state index in [-0.39, 0.29) is 6.04 Å². The van der Waals surface area contributed by atoms with Crippen molar-refractivity contribution in [3.05, 3.63) is 5.73 Å². The first kappa shape index (κ1) is 14.4. The van der Waals surface area contributed by atoms with Gasteiger partial charge in [0.05, 0.1) is 0 Å². The van der Waals surface area contributed by atoms with E-state index in [4.69, 9.17) is 9.13 Å². The van der Waals surface area contributed by atoms with E-state index in [2.05, 4.69) is 27.7 Å². The van der Waals surface area contributed by atoms with Gasteiger partial charge in [-0.1, -0.05) is 47.0 Å². The molecular weight excluding hydrogens is 357 g/mol. The molecule has 0 aliphatic heterocycles. The standard InChI is InChI=1S/C11H22N.O.Pt/c1-5-11(4)7-9(12)6-10(2,3)8-11;;/h9,12H,5-8H2,1-4H3;;/q-1;;. The van der Waals surface area contributed by atoms with E-state index in [1.165, 1.54) is 12.8 Å². The second-order valence-electron chi connectivity index (χ2n) is 5.61. The summed E-state index contributed by atoms with van der Waals surface area (Å²) in [5.41, 5.74) is 8.72. The number of nitrogens with one attached hydrogen (secondary N) is 1. The van der Waals surface area contributed by atoms with E-state index in [9.17, 15) is 0 Å². The minimum atomic E-state index is 0.179. The Morgan fingerprint density at radius 1 is 1.29 bits per heavy atom. The molecule has 1 aliphatic rings. The van der Waals surface area contributed by atoms with Crippen molar-refractivity contribution in [3.63, 3.8) is 0 Å². The normalized spacial score (nSPS) is 35.8. The van der Waals surface area contributed by atoms with Crippen LogP contribution in [-0.4, -0.2) is 6.04 Å². The van der Waals surface area contributed by atoms with Gasteiger partial charge in [-0.05, 0) is 17.3 Å². The van der Waals surface area contributed by atoms with Crippen molar-refractivity contribution in [1.82, 2.24) is 0 Å². The van der Waals surface area contributed by atoms with Crippen LogP contribution in [0.25, 0.3) is 5.73 Å². The zero-order valence-corrected chi connectivity index (χ0v) is 11.9. The maximum atomic E-state index is 8.22. The van der Waals surface area contributed by atoms with E-state index in [1.54, 1.807) is 0 Å².